The number of amides is 1. The highest BCUT2D eigenvalue weighted by molar-refractivity contribution is 6.30. The first-order valence-corrected chi connectivity index (χ1v) is 10.6. The second-order valence-corrected chi connectivity index (χ2v) is 8.18. The van der Waals surface area contributed by atoms with E-state index < -0.39 is 0 Å². The van der Waals surface area contributed by atoms with Gasteiger partial charge in [-0.1, -0.05) is 36.9 Å². The lowest BCUT2D eigenvalue weighted by molar-refractivity contribution is -0.123. The molecular formula is C21H30Cl3N5O. The number of benzene rings is 1. The Hall–Kier alpha value is -1.47. The lowest BCUT2D eigenvalue weighted by Crippen LogP contribution is -2.51. The zero-order valence-electron chi connectivity index (χ0n) is 17.0. The van der Waals surface area contributed by atoms with Gasteiger partial charge in [0.1, 0.15) is 0 Å². The Bertz CT molecular complexity index is 801. The number of hydrogen-bond acceptors (Lipinski definition) is 4. The van der Waals surface area contributed by atoms with Crippen molar-refractivity contribution in [1.29, 1.82) is 0 Å². The number of halogens is 3. The number of carbonyl (C=O) groups excluding carboxylic acids is 1. The molecule has 9 heteroatoms. The van der Waals surface area contributed by atoms with Crippen molar-refractivity contribution < 1.29 is 4.79 Å². The van der Waals surface area contributed by atoms with Gasteiger partial charge in [-0.15, -0.1) is 24.8 Å². The summed E-state index contributed by atoms with van der Waals surface area (Å²) in [5, 5.41) is 3.93. The van der Waals surface area contributed by atoms with E-state index in [1.165, 1.54) is 19.3 Å². The fourth-order valence-corrected chi connectivity index (χ4v) is 4.37. The zero-order valence-corrected chi connectivity index (χ0v) is 19.4. The fraction of sp³-hybridized carbons (Fsp3) is 0.524. The summed E-state index contributed by atoms with van der Waals surface area (Å²) in [5.41, 5.74) is 1.01. The lowest BCUT2D eigenvalue weighted by Gasteiger charge is -2.35. The Morgan fingerprint density at radius 3 is 2.53 bits per heavy atom. The van der Waals surface area contributed by atoms with Crippen LogP contribution in [0, 0.1) is 0 Å². The van der Waals surface area contributed by atoms with Crippen molar-refractivity contribution in [1.82, 2.24) is 19.8 Å². The first-order chi connectivity index (χ1) is 13.7. The van der Waals surface area contributed by atoms with Crippen LogP contribution in [0.1, 0.15) is 32.1 Å². The van der Waals surface area contributed by atoms with Crippen molar-refractivity contribution in [3.8, 4) is 5.69 Å². The SMILES string of the molecule is Cl.Cl.O=C(CN1CCN(c2nccn2-c2cccc(Cl)c2)CC1)NC1CCCCC1. The van der Waals surface area contributed by atoms with Gasteiger partial charge in [0, 0.05) is 55.3 Å². The number of anilines is 1. The molecule has 0 spiro atoms. The van der Waals surface area contributed by atoms with Crippen LogP contribution in [0.3, 0.4) is 0 Å². The molecule has 1 aromatic carbocycles. The van der Waals surface area contributed by atoms with Gasteiger partial charge in [0.25, 0.3) is 0 Å². The van der Waals surface area contributed by atoms with Crippen molar-refractivity contribution in [3.63, 3.8) is 0 Å². The number of nitrogens with zero attached hydrogens (tertiary/aromatic N) is 4. The van der Waals surface area contributed by atoms with E-state index in [-0.39, 0.29) is 30.7 Å². The number of piperazine rings is 1. The molecule has 2 aromatic rings. The third kappa shape index (κ3) is 6.27. The van der Waals surface area contributed by atoms with Gasteiger partial charge in [-0.25, -0.2) is 4.98 Å². The maximum atomic E-state index is 12.4. The van der Waals surface area contributed by atoms with Crippen LogP contribution in [0.25, 0.3) is 5.69 Å². The van der Waals surface area contributed by atoms with Gasteiger partial charge in [0.05, 0.1) is 6.54 Å². The molecule has 1 saturated carbocycles. The topological polar surface area (TPSA) is 53.4 Å². The van der Waals surface area contributed by atoms with E-state index in [1.807, 2.05) is 36.7 Å². The minimum atomic E-state index is 0. The third-order valence-electron chi connectivity index (χ3n) is 5.70. The number of hydrogen-bond donors (Lipinski definition) is 1. The van der Waals surface area contributed by atoms with Crippen LogP contribution in [0.4, 0.5) is 5.95 Å². The van der Waals surface area contributed by atoms with Crippen molar-refractivity contribution in [2.45, 2.75) is 38.1 Å². The molecule has 166 valence electrons. The van der Waals surface area contributed by atoms with Gasteiger partial charge in [0.2, 0.25) is 11.9 Å². The highest BCUT2D eigenvalue weighted by Crippen LogP contribution is 2.22. The Morgan fingerprint density at radius 1 is 1.10 bits per heavy atom. The van der Waals surface area contributed by atoms with Gasteiger partial charge in [-0.3, -0.25) is 14.3 Å². The summed E-state index contributed by atoms with van der Waals surface area (Å²) < 4.78 is 2.07. The molecule has 6 nitrogen and oxygen atoms in total. The second-order valence-electron chi connectivity index (χ2n) is 7.74. The van der Waals surface area contributed by atoms with Crippen molar-refractivity contribution in [2.75, 3.05) is 37.6 Å². The monoisotopic (exact) mass is 473 g/mol. The minimum Gasteiger partial charge on any atom is -0.352 e. The molecule has 0 bridgehead atoms. The van der Waals surface area contributed by atoms with Crippen molar-refractivity contribution in [3.05, 3.63) is 41.7 Å². The second kappa shape index (κ2) is 11.8. The summed E-state index contributed by atoms with van der Waals surface area (Å²) in [6.07, 6.45) is 9.83. The van der Waals surface area contributed by atoms with Crippen LogP contribution < -0.4 is 10.2 Å². The fourth-order valence-electron chi connectivity index (χ4n) is 4.19. The first-order valence-electron chi connectivity index (χ1n) is 10.2. The van der Waals surface area contributed by atoms with Crippen molar-refractivity contribution >= 4 is 48.3 Å². The molecule has 1 saturated heterocycles. The number of aromatic nitrogens is 2. The summed E-state index contributed by atoms with van der Waals surface area (Å²) in [4.78, 5) is 21.4. The summed E-state index contributed by atoms with van der Waals surface area (Å²) >= 11 is 6.15. The number of nitrogens with one attached hydrogen (secondary N) is 1. The van der Waals surface area contributed by atoms with Crippen LogP contribution in [0.5, 0.6) is 0 Å². The summed E-state index contributed by atoms with van der Waals surface area (Å²) in [6, 6.07) is 8.18. The van der Waals surface area contributed by atoms with E-state index in [0.29, 0.717) is 17.6 Å². The van der Waals surface area contributed by atoms with E-state index in [9.17, 15) is 4.79 Å². The van der Waals surface area contributed by atoms with E-state index >= 15 is 0 Å². The highest BCUT2D eigenvalue weighted by atomic mass is 35.5. The molecule has 1 N–H and O–H groups in total. The lowest BCUT2D eigenvalue weighted by atomic mass is 9.95. The van der Waals surface area contributed by atoms with E-state index in [0.717, 1.165) is 50.7 Å². The molecule has 1 amide bonds. The molecule has 2 aliphatic rings. The maximum Gasteiger partial charge on any atom is 0.234 e. The molecular weight excluding hydrogens is 445 g/mol. The van der Waals surface area contributed by atoms with Gasteiger partial charge in [-0.05, 0) is 31.0 Å². The van der Waals surface area contributed by atoms with E-state index in [1.54, 1.807) is 0 Å². The smallest absolute Gasteiger partial charge is 0.234 e. The quantitative estimate of drug-likeness (QED) is 0.713. The van der Waals surface area contributed by atoms with Crippen LogP contribution in [0.15, 0.2) is 36.7 Å². The molecule has 0 atom stereocenters. The maximum absolute atomic E-state index is 12.4. The van der Waals surface area contributed by atoms with Gasteiger partial charge < -0.3 is 10.2 Å². The Balaban J connectivity index is 0.00000160. The normalized spacial score (nSPS) is 17.7. The molecule has 1 aliphatic heterocycles. The minimum absolute atomic E-state index is 0. The third-order valence-corrected chi connectivity index (χ3v) is 5.94. The first kappa shape index (κ1) is 24.8. The van der Waals surface area contributed by atoms with E-state index in [2.05, 4.69) is 24.7 Å². The average Bonchev–Trinajstić information content (AvgIpc) is 3.19. The van der Waals surface area contributed by atoms with Crippen LogP contribution in [-0.4, -0.2) is 59.1 Å². The van der Waals surface area contributed by atoms with Crippen LogP contribution in [0.2, 0.25) is 5.02 Å². The van der Waals surface area contributed by atoms with Crippen molar-refractivity contribution in [2.24, 2.45) is 0 Å². The predicted octanol–water partition coefficient (Wildman–Crippen LogP) is 3.94. The zero-order chi connectivity index (χ0) is 19.3. The molecule has 0 unspecified atom stereocenters. The van der Waals surface area contributed by atoms with Gasteiger partial charge in [-0.2, -0.15) is 0 Å². The van der Waals surface area contributed by atoms with E-state index in [4.69, 9.17) is 11.6 Å². The molecule has 1 aliphatic carbocycles. The standard InChI is InChI=1S/C21H28ClN5O.2ClH/c22-17-5-4-8-19(15-17)27-10-9-23-21(27)26-13-11-25(12-14-26)16-20(28)24-18-6-2-1-3-7-18;;/h4-5,8-10,15,18H,1-3,6-7,11-14,16H2,(H,24,28);2*1H. The summed E-state index contributed by atoms with van der Waals surface area (Å²) in [6.45, 7) is 3.93. The molecule has 30 heavy (non-hydrogen) atoms. The van der Waals surface area contributed by atoms with Gasteiger partial charge in [0.15, 0.2) is 0 Å². The molecule has 1 aromatic heterocycles. The van der Waals surface area contributed by atoms with Crippen LogP contribution >= 0.6 is 36.4 Å². The molecule has 2 heterocycles. The Labute approximate surface area is 195 Å². The largest absolute Gasteiger partial charge is 0.352 e. The van der Waals surface area contributed by atoms with Crippen LogP contribution in [-0.2, 0) is 4.79 Å². The molecule has 0 radical (unpaired) electrons. The number of carbonyl (C=O) groups is 1. The summed E-state index contributed by atoms with van der Waals surface area (Å²) in [7, 11) is 0. The molecule has 4 rings (SSSR count). The Kier molecular flexibility index (Phi) is 9.75. The number of rotatable bonds is 5. The van der Waals surface area contributed by atoms with Gasteiger partial charge >= 0.3 is 0 Å². The number of imidazole rings is 1. The highest BCUT2D eigenvalue weighted by Gasteiger charge is 2.23. The summed E-state index contributed by atoms with van der Waals surface area (Å²) in [5.74, 6) is 1.09. The Morgan fingerprint density at radius 2 is 1.83 bits per heavy atom. The average molecular weight is 475 g/mol. The molecule has 2 fully saturated rings. The predicted molar refractivity (Wildman–Crippen MR) is 127 cm³/mol.